The fourth-order valence-electron chi connectivity index (χ4n) is 3.96. The number of hydrogen-bond acceptors (Lipinski definition) is 6. The van der Waals surface area contributed by atoms with Crippen molar-refractivity contribution in [2.24, 2.45) is 5.92 Å². The molecule has 0 radical (unpaired) electrons. The molecule has 30 heavy (non-hydrogen) atoms. The number of fused-ring (bicyclic) bond motifs is 2. The third-order valence-electron chi connectivity index (χ3n) is 5.54. The first-order valence-corrected chi connectivity index (χ1v) is 10.9. The normalized spacial score (nSPS) is 17.9. The fourth-order valence-corrected chi connectivity index (χ4v) is 4.80. The minimum atomic E-state index is 0.163. The summed E-state index contributed by atoms with van der Waals surface area (Å²) in [5.74, 6) is 2.21. The third-order valence-corrected chi connectivity index (χ3v) is 6.45. The van der Waals surface area contributed by atoms with E-state index in [2.05, 4.69) is 16.1 Å². The first-order valence-electron chi connectivity index (χ1n) is 10.1. The Kier molecular flexibility index (Phi) is 5.04. The molecule has 1 fully saturated rings. The van der Waals surface area contributed by atoms with Crippen LogP contribution in [0.4, 0.5) is 0 Å². The first-order chi connectivity index (χ1) is 14.6. The highest BCUT2D eigenvalue weighted by Gasteiger charge is 2.34. The summed E-state index contributed by atoms with van der Waals surface area (Å²) in [4.78, 5) is 20.2. The minimum absolute atomic E-state index is 0.163. The van der Waals surface area contributed by atoms with Crippen molar-refractivity contribution in [2.75, 3.05) is 32.8 Å². The van der Waals surface area contributed by atoms with Crippen LogP contribution in [0.25, 0.3) is 10.2 Å². The second-order valence-electron chi connectivity index (χ2n) is 7.66. The zero-order valence-electron chi connectivity index (χ0n) is 16.8. The van der Waals surface area contributed by atoms with E-state index in [0.717, 1.165) is 47.9 Å². The van der Waals surface area contributed by atoms with E-state index in [1.807, 2.05) is 53.4 Å². The Hall–Kier alpha value is -3.06. The SMILES string of the molecule is CC(=O)N1CC2=CN(CCOc3ccc(Oc4nc5ccccc5s4)cc3)CC2C1. The summed E-state index contributed by atoms with van der Waals surface area (Å²) in [6, 6.07) is 15.7. The Morgan fingerprint density at radius 1 is 1.13 bits per heavy atom. The van der Waals surface area contributed by atoms with Crippen LogP contribution >= 0.6 is 11.3 Å². The number of carbonyl (C=O) groups excluding carboxylic acids is 1. The van der Waals surface area contributed by atoms with E-state index in [1.165, 1.54) is 16.9 Å². The van der Waals surface area contributed by atoms with Gasteiger partial charge in [0.2, 0.25) is 5.91 Å². The first kappa shape index (κ1) is 18.9. The predicted molar refractivity (Wildman–Crippen MR) is 117 cm³/mol. The summed E-state index contributed by atoms with van der Waals surface area (Å²) in [5.41, 5.74) is 2.31. The van der Waals surface area contributed by atoms with Crippen LogP contribution in [-0.2, 0) is 4.79 Å². The summed E-state index contributed by atoms with van der Waals surface area (Å²) in [6.07, 6.45) is 2.20. The number of likely N-dealkylation sites (tertiary alicyclic amines) is 1. The van der Waals surface area contributed by atoms with E-state index < -0.39 is 0 Å². The Labute approximate surface area is 179 Å². The number of thiazole rings is 1. The van der Waals surface area contributed by atoms with Gasteiger partial charge in [-0.25, -0.2) is 4.98 Å². The summed E-state index contributed by atoms with van der Waals surface area (Å²) < 4.78 is 12.9. The maximum absolute atomic E-state index is 11.5. The predicted octanol–water partition coefficient (Wildman–Crippen LogP) is 4.15. The van der Waals surface area contributed by atoms with Crippen LogP contribution < -0.4 is 9.47 Å². The number of nitrogens with zero attached hydrogens (tertiary/aromatic N) is 3. The van der Waals surface area contributed by atoms with Crippen molar-refractivity contribution in [1.82, 2.24) is 14.8 Å². The largest absolute Gasteiger partial charge is 0.492 e. The maximum atomic E-state index is 11.5. The fraction of sp³-hybridized carbons (Fsp3) is 0.304. The van der Waals surface area contributed by atoms with Crippen molar-refractivity contribution in [3.05, 3.63) is 60.3 Å². The maximum Gasteiger partial charge on any atom is 0.279 e. The molecule has 5 rings (SSSR count). The lowest BCUT2D eigenvalue weighted by Crippen LogP contribution is -2.30. The highest BCUT2D eigenvalue weighted by atomic mass is 32.1. The lowest BCUT2D eigenvalue weighted by Gasteiger charge is -2.20. The zero-order chi connectivity index (χ0) is 20.5. The third kappa shape index (κ3) is 3.98. The molecule has 1 aromatic heterocycles. The molecule has 0 aliphatic carbocycles. The second kappa shape index (κ2) is 7.99. The number of para-hydroxylation sites is 1. The van der Waals surface area contributed by atoms with Crippen molar-refractivity contribution in [2.45, 2.75) is 6.92 Å². The number of benzene rings is 2. The van der Waals surface area contributed by atoms with E-state index in [1.54, 1.807) is 6.92 Å². The molecule has 1 amide bonds. The number of amides is 1. The van der Waals surface area contributed by atoms with Crippen molar-refractivity contribution in [3.63, 3.8) is 0 Å². The van der Waals surface area contributed by atoms with Gasteiger partial charge in [-0.1, -0.05) is 23.5 Å². The van der Waals surface area contributed by atoms with Crippen LogP contribution in [0.15, 0.2) is 60.3 Å². The highest BCUT2D eigenvalue weighted by Crippen LogP contribution is 2.32. The molecule has 154 valence electrons. The van der Waals surface area contributed by atoms with Gasteiger partial charge in [-0.3, -0.25) is 4.79 Å². The van der Waals surface area contributed by atoms with Gasteiger partial charge in [0.15, 0.2) is 0 Å². The average molecular weight is 422 g/mol. The van der Waals surface area contributed by atoms with Gasteiger partial charge in [-0.05, 0) is 42.0 Å². The Morgan fingerprint density at radius 3 is 2.70 bits per heavy atom. The highest BCUT2D eigenvalue weighted by molar-refractivity contribution is 7.20. The van der Waals surface area contributed by atoms with Gasteiger partial charge in [-0.2, -0.15) is 0 Å². The lowest BCUT2D eigenvalue weighted by atomic mass is 10.1. The molecule has 3 aromatic rings. The van der Waals surface area contributed by atoms with Gasteiger partial charge in [0.05, 0.1) is 16.8 Å². The van der Waals surface area contributed by atoms with Crippen molar-refractivity contribution in [3.8, 4) is 16.7 Å². The molecule has 7 heteroatoms. The lowest BCUT2D eigenvalue weighted by molar-refractivity contribution is -0.127. The Morgan fingerprint density at radius 2 is 1.93 bits per heavy atom. The molecule has 3 heterocycles. The van der Waals surface area contributed by atoms with Gasteiger partial charge in [-0.15, -0.1) is 0 Å². The molecule has 0 saturated carbocycles. The van der Waals surface area contributed by atoms with Crippen LogP contribution in [0.1, 0.15) is 6.92 Å². The molecule has 1 unspecified atom stereocenters. The summed E-state index contributed by atoms with van der Waals surface area (Å²) in [6.45, 7) is 5.68. The molecule has 2 aliphatic rings. The molecule has 0 N–H and O–H groups in total. The second-order valence-corrected chi connectivity index (χ2v) is 8.66. The number of carbonyl (C=O) groups is 1. The van der Waals surface area contributed by atoms with E-state index in [4.69, 9.17) is 9.47 Å². The summed E-state index contributed by atoms with van der Waals surface area (Å²) >= 11 is 1.54. The number of ether oxygens (including phenoxy) is 2. The quantitative estimate of drug-likeness (QED) is 0.599. The number of rotatable bonds is 6. The topological polar surface area (TPSA) is 54.9 Å². The molecule has 1 saturated heterocycles. The van der Waals surface area contributed by atoms with Gasteiger partial charge >= 0.3 is 0 Å². The van der Waals surface area contributed by atoms with Crippen LogP contribution in [-0.4, -0.2) is 53.5 Å². The van der Waals surface area contributed by atoms with E-state index >= 15 is 0 Å². The van der Waals surface area contributed by atoms with Crippen molar-refractivity contribution < 1.29 is 14.3 Å². The molecule has 0 bridgehead atoms. The average Bonchev–Trinajstić information content (AvgIpc) is 3.41. The molecule has 6 nitrogen and oxygen atoms in total. The molecule has 2 aliphatic heterocycles. The molecular weight excluding hydrogens is 398 g/mol. The van der Waals surface area contributed by atoms with Crippen LogP contribution in [0, 0.1) is 5.92 Å². The van der Waals surface area contributed by atoms with Gasteiger partial charge in [0.25, 0.3) is 5.19 Å². The van der Waals surface area contributed by atoms with Crippen LogP contribution in [0.3, 0.4) is 0 Å². The molecular formula is C23H23N3O3S. The minimum Gasteiger partial charge on any atom is -0.492 e. The van der Waals surface area contributed by atoms with Crippen molar-refractivity contribution >= 4 is 27.5 Å². The smallest absolute Gasteiger partial charge is 0.279 e. The summed E-state index contributed by atoms with van der Waals surface area (Å²) in [5, 5.41) is 0.640. The Balaban J connectivity index is 1.11. The summed E-state index contributed by atoms with van der Waals surface area (Å²) in [7, 11) is 0. The van der Waals surface area contributed by atoms with Gasteiger partial charge < -0.3 is 19.3 Å². The number of aromatic nitrogens is 1. The monoisotopic (exact) mass is 421 g/mol. The van der Waals surface area contributed by atoms with E-state index in [9.17, 15) is 4.79 Å². The van der Waals surface area contributed by atoms with Gasteiger partial charge in [0.1, 0.15) is 18.1 Å². The zero-order valence-corrected chi connectivity index (χ0v) is 17.6. The standard InChI is InChI=1S/C23H23N3O3S/c1-16(27)26-14-17-12-25(13-18(17)15-26)10-11-28-19-6-8-20(9-7-19)29-23-24-21-4-2-3-5-22(21)30-23/h2-9,12,18H,10-11,13-15H2,1H3. The number of hydrogen-bond donors (Lipinski definition) is 0. The van der Waals surface area contributed by atoms with Crippen LogP contribution in [0.5, 0.6) is 16.7 Å². The van der Waals surface area contributed by atoms with Crippen LogP contribution in [0.2, 0.25) is 0 Å². The Bertz CT molecular complexity index is 1060. The van der Waals surface area contributed by atoms with Gasteiger partial charge in [0, 0.05) is 38.7 Å². The molecule has 0 spiro atoms. The van der Waals surface area contributed by atoms with E-state index in [0.29, 0.717) is 17.7 Å². The molecule has 2 aromatic carbocycles. The molecule has 1 atom stereocenters. The van der Waals surface area contributed by atoms with E-state index in [-0.39, 0.29) is 5.91 Å². The van der Waals surface area contributed by atoms with Crippen molar-refractivity contribution in [1.29, 1.82) is 0 Å².